The molecule has 0 amide bonds. The summed E-state index contributed by atoms with van der Waals surface area (Å²) in [6.45, 7) is 8.65. The first kappa shape index (κ1) is 16.0. The lowest BCUT2D eigenvalue weighted by Crippen LogP contribution is -2.22. The second-order valence-corrected chi connectivity index (χ2v) is 6.88. The summed E-state index contributed by atoms with van der Waals surface area (Å²) in [6.07, 6.45) is 0.994. The average molecular weight is 304 g/mol. The normalized spacial score (nSPS) is 11.1. The Labute approximate surface area is 131 Å². The van der Waals surface area contributed by atoms with Crippen LogP contribution in [0.15, 0.2) is 24.3 Å². The zero-order valence-electron chi connectivity index (χ0n) is 13.3. The molecule has 0 radical (unpaired) electrons. The van der Waals surface area contributed by atoms with Crippen LogP contribution in [0.4, 0.5) is 0 Å². The van der Waals surface area contributed by atoms with Crippen molar-refractivity contribution >= 4 is 11.3 Å². The van der Waals surface area contributed by atoms with Gasteiger partial charge in [0.1, 0.15) is 5.75 Å². The van der Waals surface area contributed by atoms with E-state index in [0.29, 0.717) is 5.92 Å². The highest BCUT2D eigenvalue weighted by atomic mass is 32.1. The zero-order valence-corrected chi connectivity index (χ0v) is 14.1. The van der Waals surface area contributed by atoms with Crippen molar-refractivity contribution in [2.45, 2.75) is 27.2 Å². The minimum atomic E-state index is 0.692. The minimum absolute atomic E-state index is 0.692. The maximum Gasteiger partial charge on any atom is 0.118 e. The van der Waals surface area contributed by atoms with Crippen LogP contribution in [0.2, 0.25) is 0 Å². The average Bonchev–Trinajstić information content (AvgIpc) is 2.84. The maximum atomic E-state index is 5.20. The Hall–Kier alpha value is -1.39. The van der Waals surface area contributed by atoms with Gasteiger partial charge in [-0.2, -0.15) is 0 Å². The first-order valence-electron chi connectivity index (χ1n) is 7.41. The highest BCUT2D eigenvalue weighted by Gasteiger charge is 2.09. The number of rotatable bonds is 7. The highest BCUT2D eigenvalue weighted by Crippen LogP contribution is 2.28. The van der Waals surface area contributed by atoms with Crippen molar-refractivity contribution in [2.75, 3.05) is 20.2 Å². The Morgan fingerprint density at radius 1 is 1.24 bits per heavy atom. The number of aromatic nitrogens is 1. The van der Waals surface area contributed by atoms with Crippen LogP contribution in [0.1, 0.15) is 23.7 Å². The summed E-state index contributed by atoms with van der Waals surface area (Å²) < 4.78 is 5.20. The Morgan fingerprint density at radius 2 is 1.95 bits per heavy atom. The molecule has 0 aliphatic heterocycles. The fourth-order valence-corrected chi connectivity index (χ4v) is 3.12. The van der Waals surface area contributed by atoms with Crippen molar-refractivity contribution in [1.82, 2.24) is 10.3 Å². The van der Waals surface area contributed by atoms with E-state index in [1.165, 1.54) is 9.88 Å². The van der Waals surface area contributed by atoms with Crippen molar-refractivity contribution in [2.24, 2.45) is 5.92 Å². The lowest BCUT2D eigenvalue weighted by molar-refractivity contribution is 0.415. The molecule has 1 N–H and O–H groups in total. The Balaban J connectivity index is 2.01. The van der Waals surface area contributed by atoms with Crippen LogP contribution in [-0.4, -0.2) is 25.2 Å². The van der Waals surface area contributed by atoms with Crippen molar-refractivity contribution in [3.05, 3.63) is 34.2 Å². The van der Waals surface area contributed by atoms with E-state index in [9.17, 15) is 0 Å². The molecule has 3 nitrogen and oxygen atoms in total. The lowest BCUT2D eigenvalue weighted by Gasteiger charge is -2.05. The molecule has 0 aliphatic carbocycles. The van der Waals surface area contributed by atoms with E-state index < -0.39 is 0 Å². The number of methoxy groups -OCH3 is 1. The number of hydrogen-bond acceptors (Lipinski definition) is 4. The molecule has 1 aromatic heterocycles. The van der Waals surface area contributed by atoms with Gasteiger partial charge < -0.3 is 10.1 Å². The van der Waals surface area contributed by atoms with Crippen molar-refractivity contribution in [1.29, 1.82) is 0 Å². The van der Waals surface area contributed by atoms with E-state index in [4.69, 9.17) is 9.72 Å². The molecule has 0 atom stereocenters. The summed E-state index contributed by atoms with van der Waals surface area (Å²) in [5, 5.41) is 4.67. The van der Waals surface area contributed by atoms with E-state index >= 15 is 0 Å². The molecule has 0 bridgehead atoms. The Kier molecular flexibility index (Phi) is 5.76. The third-order valence-electron chi connectivity index (χ3n) is 3.27. The van der Waals surface area contributed by atoms with Gasteiger partial charge in [0, 0.05) is 23.4 Å². The summed E-state index contributed by atoms with van der Waals surface area (Å²) in [4.78, 5) is 6.07. The molecule has 1 heterocycles. The molecular weight excluding hydrogens is 280 g/mol. The minimum Gasteiger partial charge on any atom is -0.497 e. The van der Waals surface area contributed by atoms with Crippen LogP contribution in [0.25, 0.3) is 11.3 Å². The van der Waals surface area contributed by atoms with E-state index in [-0.39, 0.29) is 0 Å². The van der Waals surface area contributed by atoms with Crippen molar-refractivity contribution in [3.63, 3.8) is 0 Å². The zero-order chi connectivity index (χ0) is 15.2. The summed E-state index contributed by atoms with van der Waals surface area (Å²) >= 11 is 1.80. The van der Waals surface area contributed by atoms with E-state index in [1.54, 1.807) is 18.4 Å². The van der Waals surface area contributed by atoms with Crippen LogP contribution in [0.3, 0.4) is 0 Å². The van der Waals surface area contributed by atoms with Crippen LogP contribution in [0.5, 0.6) is 5.75 Å². The second-order valence-electron chi connectivity index (χ2n) is 5.59. The van der Waals surface area contributed by atoms with Gasteiger partial charge in [-0.15, -0.1) is 11.3 Å². The van der Waals surface area contributed by atoms with Crippen LogP contribution < -0.4 is 10.1 Å². The Bertz CT molecular complexity index is 561. The maximum absolute atomic E-state index is 5.20. The first-order valence-corrected chi connectivity index (χ1v) is 8.23. The van der Waals surface area contributed by atoms with E-state index in [2.05, 4.69) is 38.2 Å². The number of hydrogen-bond donors (Lipinski definition) is 1. The highest BCUT2D eigenvalue weighted by molar-refractivity contribution is 7.12. The summed E-state index contributed by atoms with van der Waals surface area (Å²) in [7, 11) is 1.69. The van der Waals surface area contributed by atoms with Crippen LogP contribution >= 0.6 is 11.3 Å². The number of thiazole rings is 1. The van der Waals surface area contributed by atoms with E-state index in [1.807, 2.05) is 12.1 Å². The van der Waals surface area contributed by atoms with Gasteiger partial charge in [-0.05, 0) is 43.7 Å². The smallest absolute Gasteiger partial charge is 0.118 e. The molecule has 2 rings (SSSR count). The third-order valence-corrected chi connectivity index (χ3v) is 4.30. The summed E-state index contributed by atoms with van der Waals surface area (Å²) in [5.41, 5.74) is 2.26. The van der Waals surface area contributed by atoms with Gasteiger partial charge in [0.25, 0.3) is 0 Å². The largest absolute Gasteiger partial charge is 0.497 e. The molecule has 0 aliphatic rings. The number of aryl methyl sites for hydroxylation is 1. The van der Waals surface area contributed by atoms with Gasteiger partial charge in [-0.1, -0.05) is 13.8 Å². The number of ether oxygens (including phenoxy) is 1. The third kappa shape index (κ3) is 4.55. The number of benzene rings is 1. The standard InChI is InChI=1S/C17H24N2OS/c1-12(2)11-18-10-9-16-19-17(13(3)21-16)14-5-7-15(20-4)8-6-14/h5-8,12,18H,9-11H2,1-4H3. The molecule has 0 spiro atoms. The molecule has 4 heteroatoms. The van der Waals surface area contributed by atoms with Gasteiger partial charge >= 0.3 is 0 Å². The fraction of sp³-hybridized carbons (Fsp3) is 0.471. The second kappa shape index (κ2) is 7.57. The molecule has 21 heavy (non-hydrogen) atoms. The quantitative estimate of drug-likeness (QED) is 0.787. The van der Waals surface area contributed by atoms with Crippen molar-refractivity contribution in [3.8, 4) is 17.0 Å². The van der Waals surface area contributed by atoms with Gasteiger partial charge in [0.15, 0.2) is 0 Å². The van der Waals surface area contributed by atoms with Gasteiger partial charge in [-0.3, -0.25) is 0 Å². The summed E-state index contributed by atoms with van der Waals surface area (Å²) in [5.74, 6) is 1.57. The van der Waals surface area contributed by atoms with Crippen LogP contribution in [0, 0.1) is 12.8 Å². The van der Waals surface area contributed by atoms with Crippen LogP contribution in [-0.2, 0) is 6.42 Å². The lowest BCUT2D eigenvalue weighted by atomic mass is 10.1. The SMILES string of the molecule is COc1ccc(-c2nc(CCNCC(C)C)sc2C)cc1. The van der Waals surface area contributed by atoms with Gasteiger partial charge in [0.2, 0.25) is 0 Å². The number of nitrogens with zero attached hydrogens (tertiary/aromatic N) is 1. The van der Waals surface area contributed by atoms with Crippen molar-refractivity contribution < 1.29 is 4.74 Å². The monoisotopic (exact) mass is 304 g/mol. The fourth-order valence-electron chi connectivity index (χ4n) is 2.16. The molecule has 2 aromatic rings. The Morgan fingerprint density at radius 3 is 2.57 bits per heavy atom. The molecule has 0 saturated carbocycles. The van der Waals surface area contributed by atoms with E-state index in [0.717, 1.165) is 36.5 Å². The number of nitrogens with one attached hydrogen (secondary N) is 1. The molecule has 0 unspecified atom stereocenters. The predicted octanol–water partition coefficient (Wildman–Crippen LogP) is 3.92. The van der Waals surface area contributed by atoms with Gasteiger partial charge in [0.05, 0.1) is 17.8 Å². The molecular formula is C17H24N2OS. The predicted molar refractivity (Wildman–Crippen MR) is 90.3 cm³/mol. The summed E-state index contributed by atoms with van der Waals surface area (Å²) in [6, 6.07) is 8.11. The molecule has 0 fully saturated rings. The first-order chi connectivity index (χ1) is 10.1. The van der Waals surface area contributed by atoms with Gasteiger partial charge in [-0.25, -0.2) is 4.98 Å². The molecule has 114 valence electrons. The topological polar surface area (TPSA) is 34.1 Å². The molecule has 1 aromatic carbocycles. The molecule has 0 saturated heterocycles.